The maximum Gasteiger partial charge on any atom is 0.108 e. The van der Waals surface area contributed by atoms with Crippen LogP contribution in [0.2, 0.25) is 0 Å². The smallest absolute Gasteiger partial charge is 0.108 e. The molecule has 3 nitrogen and oxygen atoms in total. The lowest BCUT2D eigenvalue weighted by Crippen LogP contribution is -2.08. The van der Waals surface area contributed by atoms with Crippen molar-refractivity contribution in [3.8, 4) is 0 Å². The van der Waals surface area contributed by atoms with Crippen molar-refractivity contribution in [2.45, 2.75) is 38.1 Å². The zero-order chi connectivity index (χ0) is 9.54. The normalized spacial score (nSPS) is 30.1. The highest BCUT2D eigenvalue weighted by atomic mass is 15.1. The molecule has 2 aliphatic rings. The number of imidazole rings is 1. The molecule has 3 rings (SSSR count). The van der Waals surface area contributed by atoms with E-state index in [-0.39, 0.29) is 0 Å². The predicted octanol–water partition coefficient (Wildman–Crippen LogP) is 1.28. The first-order chi connectivity index (χ1) is 6.88. The fourth-order valence-electron chi connectivity index (χ4n) is 2.48. The molecule has 1 aliphatic heterocycles. The highest BCUT2D eigenvalue weighted by molar-refractivity contribution is 5.18. The van der Waals surface area contributed by atoms with Gasteiger partial charge in [0.2, 0.25) is 0 Å². The molecule has 14 heavy (non-hydrogen) atoms. The number of aryl methyl sites for hydroxylation is 2. The summed E-state index contributed by atoms with van der Waals surface area (Å²) in [6, 6.07) is 0. The number of aromatic nitrogens is 2. The van der Waals surface area contributed by atoms with Crippen molar-refractivity contribution in [1.82, 2.24) is 9.55 Å². The molecule has 2 N–H and O–H groups in total. The van der Waals surface area contributed by atoms with E-state index in [0.717, 1.165) is 6.54 Å². The van der Waals surface area contributed by atoms with E-state index in [4.69, 9.17) is 10.7 Å². The molecule has 0 saturated heterocycles. The predicted molar refractivity (Wildman–Crippen MR) is 55.1 cm³/mol. The van der Waals surface area contributed by atoms with Gasteiger partial charge in [-0.05, 0) is 31.7 Å². The van der Waals surface area contributed by atoms with Gasteiger partial charge in [0.25, 0.3) is 0 Å². The summed E-state index contributed by atoms with van der Waals surface area (Å²) >= 11 is 0. The van der Waals surface area contributed by atoms with Crippen LogP contribution in [0.15, 0.2) is 6.20 Å². The Morgan fingerprint density at radius 1 is 1.50 bits per heavy atom. The van der Waals surface area contributed by atoms with E-state index in [2.05, 4.69) is 10.8 Å². The zero-order valence-corrected chi connectivity index (χ0v) is 8.45. The molecule has 0 bridgehead atoms. The molecular weight excluding hydrogens is 174 g/mol. The van der Waals surface area contributed by atoms with Gasteiger partial charge in [-0.1, -0.05) is 0 Å². The standard InChI is InChI=1S/C11H17N3/c12-6-8-5-9(8)10-7-14-4-2-1-3-11(14)13-10/h7-9H,1-6,12H2/t8-,9+/m0/s1. The number of nitrogens with two attached hydrogens (primary N) is 1. The van der Waals surface area contributed by atoms with Gasteiger partial charge in [0.15, 0.2) is 0 Å². The molecule has 1 aromatic rings. The third-order valence-electron chi connectivity index (χ3n) is 3.53. The zero-order valence-electron chi connectivity index (χ0n) is 8.45. The topological polar surface area (TPSA) is 43.8 Å². The van der Waals surface area contributed by atoms with Crippen LogP contribution in [-0.2, 0) is 13.0 Å². The van der Waals surface area contributed by atoms with Gasteiger partial charge >= 0.3 is 0 Å². The molecule has 2 heterocycles. The van der Waals surface area contributed by atoms with Crippen molar-refractivity contribution in [1.29, 1.82) is 0 Å². The first kappa shape index (κ1) is 8.48. The highest BCUT2D eigenvalue weighted by Crippen LogP contribution is 2.46. The Morgan fingerprint density at radius 3 is 3.14 bits per heavy atom. The Labute approximate surface area is 84.3 Å². The quantitative estimate of drug-likeness (QED) is 0.765. The summed E-state index contributed by atoms with van der Waals surface area (Å²) in [4.78, 5) is 4.72. The molecule has 0 aromatic carbocycles. The van der Waals surface area contributed by atoms with E-state index in [1.165, 1.54) is 43.7 Å². The lowest BCUT2D eigenvalue weighted by atomic mass is 10.2. The SMILES string of the molecule is NC[C@@H]1C[C@H]1c1cn2c(n1)CCCC2. The third-order valence-corrected chi connectivity index (χ3v) is 3.53. The molecule has 1 aromatic heterocycles. The minimum Gasteiger partial charge on any atom is -0.335 e. The van der Waals surface area contributed by atoms with E-state index in [1.54, 1.807) is 0 Å². The maximum absolute atomic E-state index is 5.65. The summed E-state index contributed by atoms with van der Waals surface area (Å²) in [7, 11) is 0. The van der Waals surface area contributed by atoms with Crippen LogP contribution in [0.4, 0.5) is 0 Å². The summed E-state index contributed by atoms with van der Waals surface area (Å²) in [5.41, 5.74) is 6.95. The summed E-state index contributed by atoms with van der Waals surface area (Å²) in [6.45, 7) is 2.00. The Bertz CT molecular complexity index is 319. The van der Waals surface area contributed by atoms with Crippen LogP contribution in [-0.4, -0.2) is 16.1 Å². The average molecular weight is 191 g/mol. The van der Waals surface area contributed by atoms with Crippen molar-refractivity contribution in [2.24, 2.45) is 11.7 Å². The minimum absolute atomic E-state index is 0.679. The number of hydrogen-bond acceptors (Lipinski definition) is 2. The molecule has 0 spiro atoms. The Balaban J connectivity index is 1.83. The molecule has 1 aliphatic carbocycles. The van der Waals surface area contributed by atoms with Crippen LogP contribution in [0.3, 0.4) is 0 Å². The van der Waals surface area contributed by atoms with Gasteiger partial charge in [-0.25, -0.2) is 4.98 Å². The van der Waals surface area contributed by atoms with Gasteiger partial charge < -0.3 is 10.3 Å². The van der Waals surface area contributed by atoms with Crippen molar-refractivity contribution < 1.29 is 0 Å². The summed E-state index contributed by atoms with van der Waals surface area (Å²) in [5.74, 6) is 2.69. The highest BCUT2D eigenvalue weighted by Gasteiger charge is 2.39. The van der Waals surface area contributed by atoms with Crippen LogP contribution in [0.25, 0.3) is 0 Å². The van der Waals surface area contributed by atoms with Gasteiger partial charge in [-0.15, -0.1) is 0 Å². The molecule has 0 amide bonds. The lowest BCUT2D eigenvalue weighted by molar-refractivity contribution is 0.522. The summed E-state index contributed by atoms with van der Waals surface area (Å²) in [5, 5.41) is 0. The summed E-state index contributed by atoms with van der Waals surface area (Å²) < 4.78 is 2.34. The Morgan fingerprint density at radius 2 is 2.43 bits per heavy atom. The van der Waals surface area contributed by atoms with E-state index in [0.29, 0.717) is 11.8 Å². The molecule has 0 radical (unpaired) electrons. The second-order valence-electron chi connectivity index (χ2n) is 4.57. The van der Waals surface area contributed by atoms with Gasteiger partial charge in [0.05, 0.1) is 5.69 Å². The van der Waals surface area contributed by atoms with Crippen molar-refractivity contribution >= 4 is 0 Å². The van der Waals surface area contributed by atoms with Crippen molar-refractivity contribution in [2.75, 3.05) is 6.54 Å². The summed E-state index contributed by atoms with van der Waals surface area (Å²) in [6.07, 6.45) is 7.30. The van der Waals surface area contributed by atoms with Gasteiger partial charge in [0.1, 0.15) is 5.82 Å². The molecule has 1 fully saturated rings. The molecule has 76 valence electrons. The van der Waals surface area contributed by atoms with Crippen molar-refractivity contribution in [3.05, 3.63) is 17.7 Å². The van der Waals surface area contributed by atoms with E-state index in [1.807, 2.05) is 0 Å². The van der Waals surface area contributed by atoms with E-state index in [9.17, 15) is 0 Å². The van der Waals surface area contributed by atoms with Crippen LogP contribution < -0.4 is 5.73 Å². The lowest BCUT2D eigenvalue weighted by Gasteiger charge is -2.11. The number of rotatable bonds is 2. The van der Waals surface area contributed by atoms with Gasteiger partial charge in [-0.2, -0.15) is 0 Å². The van der Waals surface area contributed by atoms with Crippen LogP contribution in [0.5, 0.6) is 0 Å². The number of fused-ring (bicyclic) bond motifs is 1. The second kappa shape index (κ2) is 3.09. The minimum atomic E-state index is 0.679. The average Bonchev–Trinajstić information content (AvgIpc) is 2.89. The monoisotopic (exact) mass is 191 g/mol. The second-order valence-corrected chi connectivity index (χ2v) is 4.57. The Hall–Kier alpha value is -0.830. The molecule has 3 heteroatoms. The largest absolute Gasteiger partial charge is 0.335 e. The van der Waals surface area contributed by atoms with Gasteiger partial charge in [0, 0.05) is 25.1 Å². The van der Waals surface area contributed by atoms with E-state index >= 15 is 0 Å². The van der Waals surface area contributed by atoms with E-state index < -0.39 is 0 Å². The Kier molecular flexibility index (Phi) is 1.87. The van der Waals surface area contributed by atoms with Crippen LogP contribution >= 0.6 is 0 Å². The molecule has 0 unspecified atom stereocenters. The van der Waals surface area contributed by atoms with Crippen LogP contribution in [0.1, 0.15) is 36.7 Å². The van der Waals surface area contributed by atoms with Crippen LogP contribution in [0, 0.1) is 5.92 Å². The molecule has 2 atom stereocenters. The maximum atomic E-state index is 5.65. The number of hydrogen-bond donors (Lipinski definition) is 1. The van der Waals surface area contributed by atoms with Gasteiger partial charge in [-0.3, -0.25) is 0 Å². The molecule has 1 saturated carbocycles. The first-order valence-corrected chi connectivity index (χ1v) is 5.64. The third kappa shape index (κ3) is 1.27. The number of nitrogens with zero attached hydrogens (tertiary/aromatic N) is 2. The van der Waals surface area contributed by atoms with Crippen molar-refractivity contribution in [3.63, 3.8) is 0 Å². The fourth-order valence-corrected chi connectivity index (χ4v) is 2.48. The fraction of sp³-hybridized carbons (Fsp3) is 0.727. The first-order valence-electron chi connectivity index (χ1n) is 5.64. The molecular formula is C11H17N3.